The molecule has 0 heterocycles. The minimum absolute atomic E-state index is 0.916. The van der Waals surface area contributed by atoms with Crippen molar-refractivity contribution in [2.24, 2.45) is 0 Å². The Morgan fingerprint density at radius 1 is 0.520 bits per heavy atom. The standard InChI is InChI=1S/C13H25N.C10H21N/c1-14(12-8-4-2-5-9-12)13-10-6-3-7-11-13;1-3-11(4-2)10-8-6-5-7-9-10/h12-13H,2-11H2,1H3;10H,3-9H2,1-2H3. The Kier molecular flexibility index (Phi) is 10.5. The van der Waals surface area contributed by atoms with Gasteiger partial charge in [0.2, 0.25) is 0 Å². The summed E-state index contributed by atoms with van der Waals surface area (Å²) < 4.78 is 0. The summed E-state index contributed by atoms with van der Waals surface area (Å²) in [7, 11) is 2.38. The lowest BCUT2D eigenvalue weighted by atomic mass is 9.89. The number of rotatable bonds is 5. The zero-order valence-corrected chi connectivity index (χ0v) is 17.6. The molecule has 148 valence electrons. The van der Waals surface area contributed by atoms with Gasteiger partial charge in [-0.1, -0.05) is 71.6 Å². The van der Waals surface area contributed by atoms with E-state index in [0.29, 0.717) is 0 Å². The third-order valence-electron chi connectivity index (χ3n) is 7.20. The van der Waals surface area contributed by atoms with E-state index < -0.39 is 0 Å². The largest absolute Gasteiger partial charge is 0.301 e. The quantitative estimate of drug-likeness (QED) is 0.578. The minimum Gasteiger partial charge on any atom is -0.301 e. The van der Waals surface area contributed by atoms with Crippen LogP contribution in [0, 0.1) is 0 Å². The second kappa shape index (κ2) is 12.3. The van der Waals surface area contributed by atoms with E-state index in [1.165, 1.54) is 109 Å². The molecular formula is C23H46N2. The van der Waals surface area contributed by atoms with Gasteiger partial charge in [0.1, 0.15) is 0 Å². The lowest BCUT2D eigenvalue weighted by Gasteiger charge is -2.39. The van der Waals surface area contributed by atoms with E-state index in [0.717, 1.165) is 18.1 Å². The Bertz CT molecular complexity index is 290. The summed E-state index contributed by atoms with van der Waals surface area (Å²) in [5, 5.41) is 0. The zero-order chi connectivity index (χ0) is 17.9. The number of hydrogen-bond acceptors (Lipinski definition) is 2. The lowest BCUT2D eigenvalue weighted by Crippen LogP contribution is -2.42. The van der Waals surface area contributed by atoms with Crippen LogP contribution in [0.1, 0.15) is 110 Å². The van der Waals surface area contributed by atoms with Crippen molar-refractivity contribution in [2.75, 3.05) is 20.1 Å². The molecule has 0 N–H and O–H groups in total. The van der Waals surface area contributed by atoms with Crippen molar-refractivity contribution in [3.8, 4) is 0 Å². The summed E-state index contributed by atoms with van der Waals surface area (Å²) in [6.45, 7) is 7.03. The molecule has 25 heavy (non-hydrogen) atoms. The molecular weight excluding hydrogens is 304 g/mol. The predicted molar refractivity (Wildman–Crippen MR) is 111 cm³/mol. The molecule has 0 aromatic rings. The molecule has 3 saturated carbocycles. The van der Waals surface area contributed by atoms with Gasteiger partial charge in [0.25, 0.3) is 0 Å². The van der Waals surface area contributed by atoms with E-state index in [9.17, 15) is 0 Å². The van der Waals surface area contributed by atoms with Crippen LogP contribution in [0.3, 0.4) is 0 Å². The average molecular weight is 351 g/mol. The van der Waals surface area contributed by atoms with E-state index in [1.54, 1.807) is 0 Å². The van der Waals surface area contributed by atoms with Gasteiger partial charge < -0.3 is 9.80 Å². The summed E-state index contributed by atoms with van der Waals surface area (Å²) in [5.74, 6) is 0. The van der Waals surface area contributed by atoms with Gasteiger partial charge in [-0.2, -0.15) is 0 Å². The smallest absolute Gasteiger partial charge is 0.00951 e. The molecule has 0 saturated heterocycles. The SMILES string of the molecule is CCN(CC)C1CCCCC1.CN(C1CCCCC1)C1CCCCC1. The van der Waals surface area contributed by atoms with Crippen molar-refractivity contribution in [3.05, 3.63) is 0 Å². The maximum atomic E-state index is 2.72. The Hall–Kier alpha value is -0.0800. The van der Waals surface area contributed by atoms with Gasteiger partial charge in [-0.3, -0.25) is 0 Å². The fourth-order valence-corrected chi connectivity index (χ4v) is 5.46. The minimum atomic E-state index is 0.916. The maximum Gasteiger partial charge on any atom is 0.00951 e. The normalized spacial score (nSPS) is 24.4. The first kappa shape index (κ1) is 21.2. The molecule has 3 fully saturated rings. The van der Waals surface area contributed by atoms with Gasteiger partial charge in [0, 0.05) is 18.1 Å². The summed E-state index contributed by atoms with van der Waals surface area (Å²) in [5.41, 5.74) is 0. The Balaban J connectivity index is 0.000000186. The van der Waals surface area contributed by atoms with Gasteiger partial charge in [0.15, 0.2) is 0 Å². The van der Waals surface area contributed by atoms with Crippen LogP contribution in [0.15, 0.2) is 0 Å². The van der Waals surface area contributed by atoms with E-state index in [4.69, 9.17) is 0 Å². The van der Waals surface area contributed by atoms with Crippen LogP contribution in [-0.4, -0.2) is 48.1 Å². The van der Waals surface area contributed by atoms with Crippen LogP contribution in [0.25, 0.3) is 0 Å². The molecule has 0 aliphatic heterocycles. The van der Waals surface area contributed by atoms with Crippen molar-refractivity contribution in [1.82, 2.24) is 9.80 Å². The van der Waals surface area contributed by atoms with Crippen molar-refractivity contribution in [1.29, 1.82) is 0 Å². The zero-order valence-electron chi connectivity index (χ0n) is 17.6. The molecule has 0 atom stereocenters. The second-order valence-electron chi connectivity index (χ2n) is 8.76. The summed E-state index contributed by atoms with van der Waals surface area (Å²) in [6.07, 6.45) is 22.0. The van der Waals surface area contributed by atoms with Crippen molar-refractivity contribution >= 4 is 0 Å². The lowest BCUT2D eigenvalue weighted by molar-refractivity contribution is 0.111. The Morgan fingerprint density at radius 3 is 1.16 bits per heavy atom. The first-order chi connectivity index (χ1) is 12.3. The second-order valence-corrected chi connectivity index (χ2v) is 8.76. The molecule has 3 aliphatic carbocycles. The number of nitrogens with zero attached hydrogens (tertiary/aromatic N) is 2. The van der Waals surface area contributed by atoms with Crippen LogP contribution in [0.2, 0.25) is 0 Å². The van der Waals surface area contributed by atoms with Crippen molar-refractivity contribution in [3.63, 3.8) is 0 Å². The molecule has 0 aromatic carbocycles. The molecule has 2 heteroatoms. The first-order valence-electron chi connectivity index (χ1n) is 11.7. The highest BCUT2D eigenvalue weighted by Gasteiger charge is 2.25. The molecule has 0 radical (unpaired) electrons. The van der Waals surface area contributed by atoms with E-state index in [2.05, 4.69) is 30.7 Å². The summed E-state index contributed by atoms with van der Waals surface area (Å²) >= 11 is 0. The molecule has 0 aromatic heterocycles. The maximum absolute atomic E-state index is 2.72. The van der Waals surface area contributed by atoms with Crippen LogP contribution in [0.5, 0.6) is 0 Å². The average Bonchev–Trinajstić information content (AvgIpc) is 2.71. The van der Waals surface area contributed by atoms with Crippen molar-refractivity contribution in [2.45, 2.75) is 128 Å². The van der Waals surface area contributed by atoms with E-state index >= 15 is 0 Å². The highest BCUT2D eigenvalue weighted by atomic mass is 15.2. The first-order valence-corrected chi connectivity index (χ1v) is 11.7. The van der Waals surface area contributed by atoms with E-state index in [-0.39, 0.29) is 0 Å². The van der Waals surface area contributed by atoms with Gasteiger partial charge in [-0.05, 0) is 58.7 Å². The molecule has 2 nitrogen and oxygen atoms in total. The fourth-order valence-electron chi connectivity index (χ4n) is 5.46. The highest BCUT2D eigenvalue weighted by molar-refractivity contribution is 4.81. The Morgan fingerprint density at radius 2 is 0.840 bits per heavy atom. The third kappa shape index (κ3) is 7.21. The molecule has 0 unspecified atom stereocenters. The molecule has 3 aliphatic rings. The monoisotopic (exact) mass is 350 g/mol. The van der Waals surface area contributed by atoms with E-state index in [1.807, 2.05) is 0 Å². The van der Waals surface area contributed by atoms with Crippen LogP contribution >= 0.6 is 0 Å². The molecule has 3 rings (SSSR count). The van der Waals surface area contributed by atoms with Gasteiger partial charge >= 0.3 is 0 Å². The third-order valence-corrected chi connectivity index (χ3v) is 7.20. The summed E-state index contributed by atoms with van der Waals surface area (Å²) in [4.78, 5) is 5.33. The van der Waals surface area contributed by atoms with Crippen molar-refractivity contribution < 1.29 is 0 Å². The Labute approximate surface area is 158 Å². The topological polar surface area (TPSA) is 6.48 Å². The summed E-state index contributed by atoms with van der Waals surface area (Å²) in [6, 6.07) is 2.76. The molecule has 0 spiro atoms. The van der Waals surface area contributed by atoms with Crippen LogP contribution < -0.4 is 0 Å². The predicted octanol–water partition coefficient (Wildman–Crippen LogP) is 6.24. The fraction of sp³-hybridized carbons (Fsp3) is 1.00. The van der Waals surface area contributed by atoms with Crippen LogP contribution in [-0.2, 0) is 0 Å². The number of hydrogen-bond donors (Lipinski definition) is 0. The van der Waals surface area contributed by atoms with Gasteiger partial charge in [-0.25, -0.2) is 0 Å². The molecule has 0 amide bonds. The van der Waals surface area contributed by atoms with Gasteiger partial charge in [-0.15, -0.1) is 0 Å². The highest BCUT2D eigenvalue weighted by Crippen LogP contribution is 2.28. The van der Waals surface area contributed by atoms with Gasteiger partial charge in [0.05, 0.1) is 0 Å². The van der Waals surface area contributed by atoms with Crippen LogP contribution in [0.4, 0.5) is 0 Å². The molecule has 0 bridgehead atoms.